The van der Waals surface area contributed by atoms with Gasteiger partial charge in [-0.05, 0) is 52.1 Å². The third-order valence-electron chi connectivity index (χ3n) is 5.83. The Labute approximate surface area is 219 Å². The van der Waals surface area contributed by atoms with Gasteiger partial charge >= 0.3 is 0 Å². The van der Waals surface area contributed by atoms with E-state index in [1.54, 1.807) is 25.1 Å². The number of benzene rings is 3. The number of fused-ring (bicyclic) bond motifs is 1. The smallest absolute Gasteiger partial charge is 0.212 e. The number of aryl methyl sites for hydroxylation is 1. The largest absolute Gasteiger partial charge is 0.296 e. The monoisotopic (exact) mass is 545 g/mol. The average molecular weight is 546 g/mol. The van der Waals surface area contributed by atoms with E-state index in [4.69, 9.17) is 23.2 Å². The maximum absolute atomic E-state index is 12.8. The van der Waals surface area contributed by atoms with Crippen LogP contribution >= 0.6 is 23.2 Å². The highest BCUT2D eigenvalue weighted by molar-refractivity contribution is 7.89. The summed E-state index contributed by atoms with van der Waals surface area (Å²) in [5, 5.41) is 15.2. The van der Waals surface area contributed by atoms with Gasteiger partial charge < -0.3 is 0 Å². The minimum absolute atomic E-state index is 0.130. The van der Waals surface area contributed by atoms with Gasteiger partial charge in [0.05, 0.1) is 11.8 Å². The third kappa shape index (κ3) is 6.47. The Morgan fingerprint density at radius 2 is 1.72 bits per heavy atom. The lowest BCUT2D eigenvalue weighted by Crippen LogP contribution is -2.43. The molecule has 0 aliphatic heterocycles. The fourth-order valence-electron chi connectivity index (χ4n) is 3.93. The lowest BCUT2D eigenvalue weighted by Gasteiger charge is -2.16. The van der Waals surface area contributed by atoms with Gasteiger partial charge in [0.25, 0.3) is 0 Å². The van der Waals surface area contributed by atoms with Crippen molar-refractivity contribution >= 4 is 49.8 Å². The zero-order valence-corrected chi connectivity index (χ0v) is 21.9. The highest BCUT2D eigenvalue weighted by Gasteiger charge is 2.24. The molecule has 0 aliphatic rings. The van der Waals surface area contributed by atoms with Crippen LogP contribution in [0.25, 0.3) is 10.8 Å². The summed E-state index contributed by atoms with van der Waals surface area (Å²) in [5.41, 5.74) is 1.60. The van der Waals surface area contributed by atoms with Crippen LogP contribution < -0.4 is 4.72 Å². The SMILES string of the molecule is CCC(NS(=O)(=O)CCc1cccc2ccccc12)C(=O)Cn1nnc(Cc2c(Cl)cccc2Cl)n1. The summed E-state index contributed by atoms with van der Waals surface area (Å²) in [5.74, 6) is -0.137. The normalized spacial score (nSPS) is 12.6. The van der Waals surface area contributed by atoms with E-state index in [-0.39, 0.29) is 24.5 Å². The zero-order chi connectivity index (χ0) is 25.7. The maximum atomic E-state index is 12.8. The number of hydrogen-bond acceptors (Lipinski definition) is 6. The quantitative estimate of drug-likeness (QED) is 0.302. The van der Waals surface area contributed by atoms with Crippen LogP contribution in [-0.2, 0) is 34.2 Å². The molecule has 1 heterocycles. The number of halogens is 2. The number of carbonyl (C=O) groups is 1. The average Bonchev–Trinajstić information content (AvgIpc) is 3.30. The number of Topliss-reactive ketones (excluding diaryl/α,β-unsaturated/α-hetero) is 1. The molecule has 1 atom stereocenters. The molecular weight excluding hydrogens is 521 g/mol. The molecule has 36 heavy (non-hydrogen) atoms. The second-order valence-corrected chi connectivity index (χ2v) is 11.1. The number of ketones is 1. The summed E-state index contributed by atoms with van der Waals surface area (Å²) in [6.07, 6.45) is 0.883. The molecule has 0 radical (unpaired) electrons. The van der Waals surface area contributed by atoms with E-state index < -0.39 is 16.1 Å². The van der Waals surface area contributed by atoms with E-state index in [1.165, 1.54) is 0 Å². The minimum atomic E-state index is -3.71. The van der Waals surface area contributed by atoms with Crippen molar-refractivity contribution in [1.82, 2.24) is 24.9 Å². The van der Waals surface area contributed by atoms with Crippen LogP contribution in [0.5, 0.6) is 0 Å². The van der Waals surface area contributed by atoms with E-state index in [9.17, 15) is 13.2 Å². The van der Waals surface area contributed by atoms with Gasteiger partial charge in [-0.25, -0.2) is 13.1 Å². The number of nitrogens with zero attached hydrogens (tertiary/aromatic N) is 4. The van der Waals surface area contributed by atoms with Gasteiger partial charge in [-0.2, -0.15) is 4.80 Å². The Hall–Kier alpha value is -2.85. The lowest BCUT2D eigenvalue weighted by atomic mass is 10.0. The van der Waals surface area contributed by atoms with E-state index in [1.807, 2.05) is 42.5 Å². The first-order chi connectivity index (χ1) is 17.3. The summed E-state index contributed by atoms with van der Waals surface area (Å²) in [7, 11) is -3.71. The van der Waals surface area contributed by atoms with Gasteiger partial charge in [0.15, 0.2) is 11.6 Å². The van der Waals surface area contributed by atoms with Crippen molar-refractivity contribution in [3.63, 3.8) is 0 Å². The Morgan fingerprint density at radius 3 is 2.47 bits per heavy atom. The topological polar surface area (TPSA) is 107 Å². The van der Waals surface area contributed by atoms with Crippen molar-refractivity contribution < 1.29 is 13.2 Å². The first-order valence-electron chi connectivity index (χ1n) is 11.4. The Kier molecular flexibility index (Phi) is 8.35. The molecule has 0 bridgehead atoms. The zero-order valence-electron chi connectivity index (χ0n) is 19.6. The molecule has 1 unspecified atom stereocenters. The molecule has 0 amide bonds. The number of hydrogen-bond donors (Lipinski definition) is 1. The van der Waals surface area contributed by atoms with Crippen LogP contribution in [0, 0.1) is 0 Å². The standard InChI is InChI=1S/C25H25Cl2N5O3S/c1-2-23(30-36(34,35)14-13-18-9-5-8-17-7-3-4-10-19(17)18)24(33)16-32-29-25(28-31-32)15-20-21(26)11-6-12-22(20)27/h3-12,23,30H,2,13-16H2,1H3. The van der Waals surface area contributed by atoms with Gasteiger partial charge in [-0.1, -0.05) is 78.7 Å². The van der Waals surface area contributed by atoms with Crippen molar-refractivity contribution in [1.29, 1.82) is 0 Å². The van der Waals surface area contributed by atoms with Crippen molar-refractivity contribution in [2.45, 2.75) is 38.8 Å². The molecule has 0 fully saturated rings. The van der Waals surface area contributed by atoms with Crippen molar-refractivity contribution in [2.75, 3.05) is 5.75 Å². The molecule has 1 N–H and O–H groups in total. The van der Waals surface area contributed by atoms with Crippen LogP contribution in [0.2, 0.25) is 10.0 Å². The number of nitrogens with one attached hydrogen (secondary N) is 1. The highest BCUT2D eigenvalue weighted by atomic mass is 35.5. The summed E-state index contributed by atoms with van der Waals surface area (Å²) in [6, 6.07) is 17.9. The first-order valence-corrected chi connectivity index (χ1v) is 13.9. The molecule has 1 aromatic heterocycles. The van der Waals surface area contributed by atoms with Crippen molar-refractivity contribution in [3.8, 4) is 0 Å². The van der Waals surface area contributed by atoms with E-state index in [2.05, 4.69) is 20.1 Å². The number of carbonyl (C=O) groups excluding carboxylic acids is 1. The summed E-state index contributed by atoms with van der Waals surface area (Å²) in [6.45, 7) is 1.53. The number of aromatic nitrogens is 4. The van der Waals surface area contributed by atoms with Gasteiger partial charge in [0.2, 0.25) is 10.0 Å². The van der Waals surface area contributed by atoms with Crippen molar-refractivity contribution in [2.24, 2.45) is 0 Å². The minimum Gasteiger partial charge on any atom is -0.296 e. The Morgan fingerprint density at radius 1 is 1.03 bits per heavy atom. The van der Waals surface area contributed by atoms with Crippen LogP contribution in [0.1, 0.15) is 30.3 Å². The summed E-state index contributed by atoms with van der Waals surface area (Å²) >= 11 is 12.4. The van der Waals surface area contributed by atoms with Gasteiger partial charge in [0, 0.05) is 16.5 Å². The maximum Gasteiger partial charge on any atom is 0.212 e. The van der Waals surface area contributed by atoms with Gasteiger partial charge in [-0.3, -0.25) is 4.79 Å². The fraction of sp³-hybridized carbons (Fsp3) is 0.280. The molecule has 3 aromatic carbocycles. The second kappa shape index (κ2) is 11.5. The summed E-state index contributed by atoms with van der Waals surface area (Å²) < 4.78 is 28.1. The number of rotatable bonds is 11. The molecule has 4 rings (SSSR count). The Balaban J connectivity index is 1.37. The molecule has 8 nitrogen and oxygen atoms in total. The molecule has 0 spiro atoms. The molecular formula is C25H25Cl2N5O3S. The van der Waals surface area contributed by atoms with Gasteiger partial charge in [0.1, 0.15) is 6.54 Å². The van der Waals surface area contributed by atoms with Gasteiger partial charge in [-0.15, -0.1) is 10.2 Å². The number of sulfonamides is 1. The second-order valence-electron chi connectivity index (χ2n) is 8.37. The molecule has 0 saturated heterocycles. The van der Waals surface area contributed by atoms with Crippen LogP contribution in [0.3, 0.4) is 0 Å². The summed E-state index contributed by atoms with van der Waals surface area (Å²) in [4.78, 5) is 14.0. The number of tetrazole rings is 1. The molecule has 0 aliphatic carbocycles. The predicted octanol–water partition coefficient (Wildman–Crippen LogP) is 4.23. The first kappa shape index (κ1) is 26.2. The van der Waals surface area contributed by atoms with E-state index in [0.717, 1.165) is 21.1 Å². The molecule has 4 aromatic rings. The fourth-order valence-corrected chi connectivity index (χ4v) is 5.80. The highest BCUT2D eigenvalue weighted by Crippen LogP contribution is 2.25. The Bertz CT molecular complexity index is 1460. The van der Waals surface area contributed by atoms with E-state index in [0.29, 0.717) is 34.3 Å². The predicted molar refractivity (Wildman–Crippen MR) is 141 cm³/mol. The van der Waals surface area contributed by atoms with Crippen LogP contribution in [0.15, 0.2) is 60.7 Å². The molecule has 0 saturated carbocycles. The molecule has 11 heteroatoms. The lowest BCUT2D eigenvalue weighted by molar-refractivity contribution is -0.121. The van der Waals surface area contributed by atoms with Crippen LogP contribution in [-0.4, -0.2) is 46.2 Å². The third-order valence-corrected chi connectivity index (χ3v) is 7.92. The van der Waals surface area contributed by atoms with Crippen molar-refractivity contribution in [3.05, 3.63) is 87.7 Å². The molecule has 188 valence electrons. The van der Waals surface area contributed by atoms with Crippen LogP contribution in [0.4, 0.5) is 0 Å². The van der Waals surface area contributed by atoms with E-state index >= 15 is 0 Å².